The zero-order chi connectivity index (χ0) is 16.6. The molecule has 1 aromatic heterocycles. The van der Waals surface area contributed by atoms with E-state index in [1.807, 2.05) is 6.07 Å². The standard InChI is InChI=1S/C15H13BrF3N3O/c16-10-2-1-3-11(6-10)20-14(23)8-22-12(9-4-5-9)7-13(21-22)15(17,18)19/h1-3,6-7,9H,4-5,8H2,(H,20,23). The molecule has 1 heterocycles. The van der Waals surface area contributed by atoms with Crippen LogP contribution in [0.5, 0.6) is 0 Å². The highest BCUT2D eigenvalue weighted by Gasteiger charge is 2.38. The van der Waals surface area contributed by atoms with Crippen LogP contribution in [0.4, 0.5) is 18.9 Å². The molecule has 1 amide bonds. The van der Waals surface area contributed by atoms with Crippen LogP contribution in [-0.4, -0.2) is 15.7 Å². The number of nitrogens with zero attached hydrogens (tertiary/aromatic N) is 2. The molecule has 0 aliphatic heterocycles. The third kappa shape index (κ3) is 3.93. The van der Waals surface area contributed by atoms with Gasteiger partial charge in [0, 0.05) is 21.8 Å². The monoisotopic (exact) mass is 387 g/mol. The van der Waals surface area contributed by atoms with E-state index in [-0.39, 0.29) is 12.5 Å². The smallest absolute Gasteiger partial charge is 0.324 e. The molecule has 1 aromatic carbocycles. The molecule has 3 rings (SSSR count). The number of anilines is 1. The second-order valence-electron chi connectivity index (χ2n) is 5.44. The molecule has 0 saturated heterocycles. The Labute approximate surface area is 138 Å². The highest BCUT2D eigenvalue weighted by molar-refractivity contribution is 9.10. The molecule has 122 valence electrons. The van der Waals surface area contributed by atoms with Crippen LogP contribution < -0.4 is 5.32 Å². The molecule has 0 spiro atoms. The minimum absolute atomic E-state index is 0.0669. The van der Waals surface area contributed by atoms with E-state index in [1.54, 1.807) is 18.2 Å². The van der Waals surface area contributed by atoms with Crippen molar-refractivity contribution in [2.45, 2.75) is 31.5 Å². The fourth-order valence-electron chi connectivity index (χ4n) is 2.31. The predicted octanol–water partition coefficient (Wildman–Crippen LogP) is 4.18. The summed E-state index contributed by atoms with van der Waals surface area (Å²) in [5.74, 6) is -0.348. The normalized spacial score (nSPS) is 14.8. The van der Waals surface area contributed by atoms with E-state index in [4.69, 9.17) is 0 Å². The molecule has 1 N–H and O–H groups in total. The summed E-state index contributed by atoms with van der Waals surface area (Å²) < 4.78 is 40.4. The van der Waals surface area contributed by atoms with E-state index in [9.17, 15) is 18.0 Å². The summed E-state index contributed by atoms with van der Waals surface area (Å²) in [5.41, 5.74) is 0.0944. The van der Waals surface area contributed by atoms with Crippen LogP contribution in [0.3, 0.4) is 0 Å². The van der Waals surface area contributed by atoms with E-state index >= 15 is 0 Å². The SMILES string of the molecule is O=C(Cn1nc(C(F)(F)F)cc1C1CC1)Nc1cccc(Br)c1. The van der Waals surface area contributed by atoms with Crippen LogP contribution in [0.15, 0.2) is 34.8 Å². The zero-order valence-electron chi connectivity index (χ0n) is 11.9. The van der Waals surface area contributed by atoms with Crippen molar-refractivity contribution in [1.82, 2.24) is 9.78 Å². The van der Waals surface area contributed by atoms with Gasteiger partial charge in [0.1, 0.15) is 6.54 Å². The number of carbonyl (C=O) groups excluding carboxylic acids is 1. The molecular weight excluding hydrogens is 375 g/mol. The molecule has 0 atom stereocenters. The first kappa shape index (κ1) is 16.0. The van der Waals surface area contributed by atoms with Gasteiger partial charge in [0.05, 0.1) is 0 Å². The van der Waals surface area contributed by atoms with Crippen LogP contribution >= 0.6 is 15.9 Å². The first-order valence-electron chi connectivity index (χ1n) is 7.03. The number of hydrogen-bond donors (Lipinski definition) is 1. The van der Waals surface area contributed by atoms with Gasteiger partial charge in [-0.25, -0.2) is 0 Å². The Morgan fingerprint density at radius 1 is 1.35 bits per heavy atom. The molecule has 2 aromatic rings. The number of alkyl halides is 3. The second kappa shape index (κ2) is 5.99. The molecule has 1 fully saturated rings. The van der Waals surface area contributed by atoms with Crippen molar-refractivity contribution in [3.05, 3.63) is 46.2 Å². The number of amides is 1. The Balaban J connectivity index is 1.76. The van der Waals surface area contributed by atoms with Crippen LogP contribution in [-0.2, 0) is 17.5 Å². The van der Waals surface area contributed by atoms with Gasteiger partial charge in [-0.2, -0.15) is 18.3 Å². The van der Waals surface area contributed by atoms with E-state index in [1.165, 1.54) is 0 Å². The lowest BCUT2D eigenvalue weighted by Crippen LogP contribution is -2.21. The second-order valence-corrected chi connectivity index (χ2v) is 6.36. The van der Waals surface area contributed by atoms with Crippen LogP contribution in [0.1, 0.15) is 30.1 Å². The molecule has 23 heavy (non-hydrogen) atoms. The average Bonchev–Trinajstić information content (AvgIpc) is 3.19. The molecule has 0 radical (unpaired) electrons. The van der Waals surface area contributed by atoms with Gasteiger partial charge < -0.3 is 5.32 Å². The lowest BCUT2D eigenvalue weighted by atomic mass is 10.2. The van der Waals surface area contributed by atoms with Gasteiger partial charge in [0.25, 0.3) is 0 Å². The molecule has 0 bridgehead atoms. The number of rotatable bonds is 4. The van der Waals surface area contributed by atoms with E-state index < -0.39 is 17.8 Å². The number of benzene rings is 1. The van der Waals surface area contributed by atoms with Crippen molar-refractivity contribution in [3.63, 3.8) is 0 Å². The molecular formula is C15H13BrF3N3O. The summed E-state index contributed by atoms with van der Waals surface area (Å²) in [6, 6.07) is 8.03. The number of hydrogen-bond acceptors (Lipinski definition) is 2. The van der Waals surface area contributed by atoms with Crippen LogP contribution in [0.25, 0.3) is 0 Å². The summed E-state index contributed by atoms with van der Waals surface area (Å²) in [5, 5.41) is 6.22. The molecule has 1 aliphatic rings. The van der Waals surface area contributed by atoms with Crippen LogP contribution in [0, 0.1) is 0 Å². The topological polar surface area (TPSA) is 46.9 Å². The van der Waals surface area contributed by atoms with Gasteiger partial charge in [-0.05, 0) is 37.1 Å². The maximum absolute atomic E-state index is 12.8. The van der Waals surface area contributed by atoms with Crippen molar-refractivity contribution < 1.29 is 18.0 Å². The quantitative estimate of drug-likeness (QED) is 0.855. The van der Waals surface area contributed by atoms with Crippen molar-refractivity contribution in [2.75, 3.05) is 5.32 Å². The van der Waals surface area contributed by atoms with Crippen LogP contribution in [0.2, 0.25) is 0 Å². The van der Waals surface area contributed by atoms with Gasteiger partial charge in [0.2, 0.25) is 5.91 Å². The third-order valence-electron chi connectivity index (χ3n) is 3.50. The number of halogens is 4. The number of carbonyl (C=O) groups is 1. The maximum Gasteiger partial charge on any atom is 0.435 e. The number of aromatic nitrogens is 2. The molecule has 1 saturated carbocycles. The lowest BCUT2D eigenvalue weighted by molar-refractivity contribution is -0.141. The van der Waals surface area contributed by atoms with Crippen molar-refractivity contribution in [3.8, 4) is 0 Å². The molecule has 8 heteroatoms. The van der Waals surface area contributed by atoms with E-state index in [0.717, 1.165) is 28.1 Å². The third-order valence-corrected chi connectivity index (χ3v) is 3.99. The lowest BCUT2D eigenvalue weighted by Gasteiger charge is -2.08. The van der Waals surface area contributed by atoms with E-state index in [2.05, 4.69) is 26.3 Å². The molecule has 1 aliphatic carbocycles. The van der Waals surface area contributed by atoms with Crippen molar-refractivity contribution >= 4 is 27.5 Å². The highest BCUT2D eigenvalue weighted by atomic mass is 79.9. The van der Waals surface area contributed by atoms with Gasteiger partial charge in [-0.3, -0.25) is 9.48 Å². The summed E-state index contributed by atoms with van der Waals surface area (Å²) in [7, 11) is 0. The Hall–Kier alpha value is -1.83. The Kier molecular flexibility index (Phi) is 4.18. The zero-order valence-corrected chi connectivity index (χ0v) is 13.5. The Morgan fingerprint density at radius 2 is 2.09 bits per heavy atom. The van der Waals surface area contributed by atoms with Crippen molar-refractivity contribution in [2.24, 2.45) is 0 Å². The van der Waals surface area contributed by atoms with E-state index in [0.29, 0.717) is 11.4 Å². The summed E-state index contributed by atoms with van der Waals surface area (Å²) >= 11 is 3.29. The average molecular weight is 388 g/mol. The van der Waals surface area contributed by atoms with Gasteiger partial charge in [0.15, 0.2) is 5.69 Å². The Morgan fingerprint density at radius 3 is 2.70 bits per heavy atom. The fourth-order valence-corrected chi connectivity index (χ4v) is 2.71. The van der Waals surface area contributed by atoms with Gasteiger partial charge in [-0.15, -0.1) is 0 Å². The largest absolute Gasteiger partial charge is 0.435 e. The van der Waals surface area contributed by atoms with Gasteiger partial charge in [-0.1, -0.05) is 22.0 Å². The molecule has 0 unspecified atom stereocenters. The first-order valence-corrected chi connectivity index (χ1v) is 7.82. The first-order chi connectivity index (χ1) is 10.8. The predicted molar refractivity (Wildman–Crippen MR) is 82.0 cm³/mol. The minimum atomic E-state index is -4.50. The van der Waals surface area contributed by atoms with Gasteiger partial charge >= 0.3 is 6.18 Å². The highest BCUT2D eigenvalue weighted by Crippen LogP contribution is 2.42. The summed E-state index contributed by atoms with van der Waals surface area (Å²) in [6.45, 7) is -0.242. The maximum atomic E-state index is 12.8. The van der Waals surface area contributed by atoms with Crippen molar-refractivity contribution in [1.29, 1.82) is 0 Å². The summed E-state index contributed by atoms with van der Waals surface area (Å²) in [4.78, 5) is 12.1. The minimum Gasteiger partial charge on any atom is -0.324 e. The molecule has 4 nitrogen and oxygen atoms in total. The number of nitrogens with one attached hydrogen (secondary N) is 1. The summed E-state index contributed by atoms with van der Waals surface area (Å²) in [6.07, 6.45) is -2.85. The fraction of sp³-hybridized carbons (Fsp3) is 0.333. The Bertz CT molecular complexity index is 738.